The van der Waals surface area contributed by atoms with Gasteiger partial charge >= 0.3 is 12.0 Å². The summed E-state index contributed by atoms with van der Waals surface area (Å²) in [4.78, 5) is 27.8. The van der Waals surface area contributed by atoms with Crippen molar-refractivity contribution in [3.8, 4) is 0 Å². The van der Waals surface area contributed by atoms with Crippen LogP contribution in [0.5, 0.6) is 0 Å². The van der Waals surface area contributed by atoms with E-state index in [1.807, 2.05) is 24.3 Å². The van der Waals surface area contributed by atoms with Crippen LogP contribution in [0.3, 0.4) is 0 Å². The van der Waals surface area contributed by atoms with Gasteiger partial charge in [0, 0.05) is 35.7 Å². The number of amides is 2. The van der Waals surface area contributed by atoms with E-state index in [2.05, 4.69) is 45.1 Å². The highest BCUT2D eigenvalue weighted by atomic mass is 79.9. The number of fused-ring (bicyclic) bond motifs is 1. The van der Waals surface area contributed by atoms with Crippen molar-refractivity contribution in [1.82, 2.24) is 4.90 Å². The van der Waals surface area contributed by atoms with Crippen molar-refractivity contribution in [2.75, 3.05) is 31.6 Å². The van der Waals surface area contributed by atoms with Crippen molar-refractivity contribution in [3.63, 3.8) is 0 Å². The molecule has 0 spiro atoms. The molecule has 0 bridgehead atoms. The van der Waals surface area contributed by atoms with Crippen molar-refractivity contribution in [2.45, 2.75) is 44.6 Å². The SMILES string of the molecule is COC(=O)CCCN(CCCN(C(N)=O)c1ccc(Br)cc1)[C@@H]1CCCc2ccccc21. The Kier molecular flexibility index (Phi) is 9.11. The Morgan fingerprint density at radius 1 is 1.06 bits per heavy atom. The molecule has 0 heterocycles. The molecule has 0 fully saturated rings. The third kappa shape index (κ3) is 6.56. The first-order chi connectivity index (χ1) is 15.5. The standard InChI is InChI=1S/C25H32BrN3O3/c1-32-24(30)11-5-16-28(23-10-4-8-19-7-2-3-9-22(19)23)17-6-18-29(25(27)31)21-14-12-20(26)13-15-21/h2-3,7,9,12-15,23H,4-6,8,10-11,16-18H2,1H3,(H2,27,31)/t23-/m1/s1. The maximum absolute atomic E-state index is 12.1. The fourth-order valence-corrected chi connectivity index (χ4v) is 4.74. The number of primary amides is 1. The molecule has 0 radical (unpaired) electrons. The monoisotopic (exact) mass is 501 g/mol. The molecule has 1 atom stereocenters. The lowest BCUT2D eigenvalue weighted by Gasteiger charge is -2.36. The molecule has 1 aliphatic carbocycles. The van der Waals surface area contributed by atoms with Gasteiger partial charge in [-0.2, -0.15) is 0 Å². The predicted octanol–water partition coefficient (Wildman–Crippen LogP) is 5.06. The van der Waals surface area contributed by atoms with E-state index in [9.17, 15) is 9.59 Å². The topological polar surface area (TPSA) is 75.9 Å². The zero-order valence-electron chi connectivity index (χ0n) is 18.6. The number of nitrogens with two attached hydrogens (primary N) is 1. The number of benzene rings is 2. The fourth-order valence-electron chi connectivity index (χ4n) is 4.48. The van der Waals surface area contributed by atoms with Crippen LogP contribution in [0.15, 0.2) is 53.0 Å². The number of aryl methyl sites for hydroxylation is 1. The Hall–Kier alpha value is -2.38. The zero-order chi connectivity index (χ0) is 22.9. The van der Waals surface area contributed by atoms with Crippen LogP contribution in [-0.2, 0) is 16.0 Å². The minimum Gasteiger partial charge on any atom is -0.469 e. The van der Waals surface area contributed by atoms with Crippen molar-refractivity contribution < 1.29 is 14.3 Å². The van der Waals surface area contributed by atoms with Crippen LogP contribution < -0.4 is 10.6 Å². The first-order valence-electron chi connectivity index (χ1n) is 11.2. The van der Waals surface area contributed by atoms with Gasteiger partial charge in [-0.05, 0) is 74.0 Å². The Morgan fingerprint density at radius 3 is 2.50 bits per heavy atom. The molecule has 0 aliphatic heterocycles. The number of carbonyl (C=O) groups excluding carboxylic acids is 2. The number of esters is 1. The number of methoxy groups -OCH3 is 1. The van der Waals surface area contributed by atoms with Crippen LogP contribution in [-0.4, -0.2) is 43.6 Å². The Bertz CT molecular complexity index is 904. The lowest BCUT2D eigenvalue weighted by molar-refractivity contribution is -0.140. The Balaban J connectivity index is 1.69. The summed E-state index contributed by atoms with van der Waals surface area (Å²) in [5, 5.41) is 0. The number of nitrogens with zero attached hydrogens (tertiary/aromatic N) is 2. The highest BCUT2D eigenvalue weighted by Crippen LogP contribution is 2.34. The van der Waals surface area contributed by atoms with Crippen LogP contribution >= 0.6 is 15.9 Å². The number of halogens is 1. The Labute approximate surface area is 198 Å². The zero-order valence-corrected chi connectivity index (χ0v) is 20.2. The van der Waals surface area contributed by atoms with Gasteiger partial charge in [0.15, 0.2) is 0 Å². The summed E-state index contributed by atoms with van der Waals surface area (Å²) >= 11 is 3.43. The summed E-state index contributed by atoms with van der Waals surface area (Å²) in [6.07, 6.45) is 5.31. The van der Waals surface area contributed by atoms with Crippen molar-refractivity contribution in [2.24, 2.45) is 5.73 Å². The highest BCUT2D eigenvalue weighted by Gasteiger charge is 2.26. The fraction of sp³-hybridized carbons (Fsp3) is 0.440. The molecular formula is C25H32BrN3O3. The number of hydrogen-bond donors (Lipinski definition) is 1. The lowest BCUT2D eigenvalue weighted by atomic mass is 9.86. The second-order valence-electron chi connectivity index (χ2n) is 8.14. The number of hydrogen-bond acceptors (Lipinski definition) is 4. The maximum Gasteiger partial charge on any atom is 0.319 e. The van der Waals surface area contributed by atoms with E-state index in [1.54, 1.807) is 4.90 Å². The van der Waals surface area contributed by atoms with E-state index in [4.69, 9.17) is 10.5 Å². The van der Waals surface area contributed by atoms with Gasteiger partial charge in [0.1, 0.15) is 0 Å². The first-order valence-corrected chi connectivity index (χ1v) is 12.0. The average Bonchev–Trinajstić information content (AvgIpc) is 2.80. The van der Waals surface area contributed by atoms with E-state index in [0.29, 0.717) is 19.0 Å². The first kappa shape index (κ1) is 24.3. The number of ether oxygens (including phenoxy) is 1. The molecular weight excluding hydrogens is 470 g/mol. The minimum absolute atomic E-state index is 0.177. The van der Waals surface area contributed by atoms with Crippen LogP contribution in [0.25, 0.3) is 0 Å². The predicted molar refractivity (Wildman–Crippen MR) is 131 cm³/mol. The number of carbonyl (C=O) groups is 2. The molecule has 3 rings (SSSR count). The minimum atomic E-state index is -0.451. The van der Waals surface area contributed by atoms with Gasteiger partial charge in [0.2, 0.25) is 0 Å². The Morgan fingerprint density at radius 2 is 1.78 bits per heavy atom. The van der Waals surface area contributed by atoms with E-state index in [-0.39, 0.29) is 5.97 Å². The molecule has 0 aromatic heterocycles. The van der Waals surface area contributed by atoms with Gasteiger partial charge in [0.25, 0.3) is 0 Å². The molecule has 172 valence electrons. The van der Waals surface area contributed by atoms with E-state index < -0.39 is 6.03 Å². The van der Waals surface area contributed by atoms with Gasteiger partial charge in [-0.15, -0.1) is 0 Å². The molecule has 32 heavy (non-hydrogen) atoms. The lowest BCUT2D eigenvalue weighted by Crippen LogP contribution is -2.39. The summed E-state index contributed by atoms with van der Waals surface area (Å²) in [6.45, 7) is 2.17. The second kappa shape index (κ2) is 12.0. The molecule has 7 heteroatoms. The normalized spacial score (nSPS) is 15.3. The summed E-state index contributed by atoms with van der Waals surface area (Å²) < 4.78 is 5.77. The van der Waals surface area contributed by atoms with E-state index in [0.717, 1.165) is 55.4 Å². The van der Waals surface area contributed by atoms with Gasteiger partial charge in [-0.3, -0.25) is 14.6 Å². The number of urea groups is 1. The highest BCUT2D eigenvalue weighted by molar-refractivity contribution is 9.10. The molecule has 2 amide bonds. The number of anilines is 1. The number of rotatable bonds is 10. The smallest absolute Gasteiger partial charge is 0.319 e. The van der Waals surface area contributed by atoms with Crippen LogP contribution in [0.4, 0.5) is 10.5 Å². The van der Waals surface area contributed by atoms with Gasteiger partial charge < -0.3 is 10.5 Å². The second-order valence-corrected chi connectivity index (χ2v) is 9.06. The maximum atomic E-state index is 12.1. The molecule has 1 aliphatic rings. The summed E-state index contributed by atoms with van der Waals surface area (Å²) in [7, 11) is 1.43. The molecule has 2 aromatic carbocycles. The van der Waals surface area contributed by atoms with E-state index >= 15 is 0 Å². The van der Waals surface area contributed by atoms with Crippen LogP contribution in [0, 0.1) is 0 Å². The quantitative estimate of drug-likeness (QED) is 0.461. The molecule has 0 saturated carbocycles. The van der Waals surface area contributed by atoms with Crippen LogP contribution in [0.2, 0.25) is 0 Å². The van der Waals surface area contributed by atoms with E-state index in [1.165, 1.54) is 18.2 Å². The molecule has 6 nitrogen and oxygen atoms in total. The van der Waals surface area contributed by atoms with Crippen molar-refractivity contribution in [3.05, 3.63) is 64.1 Å². The third-order valence-corrected chi connectivity index (χ3v) is 6.59. The largest absolute Gasteiger partial charge is 0.469 e. The summed E-state index contributed by atoms with van der Waals surface area (Å²) in [5.41, 5.74) is 9.26. The summed E-state index contributed by atoms with van der Waals surface area (Å²) in [6, 6.07) is 16.1. The third-order valence-electron chi connectivity index (χ3n) is 6.06. The molecule has 0 unspecified atom stereocenters. The molecule has 0 saturated heterocycles. The van der Waals surface area contributed by atoms with Gasteiger partial charge in [-0.25, -0.2) is 4.79 Å². The van der Waals surface area contributed by atoms with Crippen molar-refractivity contribution in [1.29, 1.82) is 0 Å². The molecule has 2 aromatic rings. The van der Waals surface area contributed by atoms with Crippen LogP contribution in [0.1, 0.15) is 49.3 Å². The van der Waals surface area contributed by atoms with Gasteiger partial charge in [-0.1, -0.05) is 40.2 Å². The van der Waals surface area contributed by atoms with Crippen molar-refractivity contribution >= 4 is 33.6 Å². The average molecular weight is 502 g/mol. The van der Waals surface area contributed by atoms with Gasteiger partial charge in [0.05, 0.1) is 7.11 Å². The molecule has 2 N–H and O–H groups in total. The summed E-state index contributed by atoms with van der Waals surface area (Å²) in [5.74, 6) is -0.177.